The average molecular weight is 288 g/mol. The van der Waals surface area contributed by atoms with E-state index in [9.17, 15) is 14.4 Å². The first-order valence-corrected chi connectivity index (χ1v) is 6.24. The molecule has 0 fully saturated rings. The molecule has 21 heavy (non-hydrogen) atoms. The van der Waals surface area contributed by atoms with Gasteiger partial charge in [0, 0.05) is 5.69 Å². The molecular formula is C13H12N4O4. The number of carbonyl (C=O) groups is 2. The second-order valence-electron chi connectivity index (χ2n) is 4.47. The van der Waals surface area contributed by atoms with Crippen LogP contribution in [-0.4, -0.2) is 33.5 Å². The van der Waals surface area contributed by atoms with Crippen LogP contribution in [0.5, 0.6) is 0 Å². The lowest BCUT2D eigenvalue weighted by Crippen LogP contribution is -2.35. The third-order valence-corrected chi connectivity index (χ3v) is 3.20. The zero-order valence-corrected chi connectivity index (χ0v) is 11.2. The molecule has 1 aliphatic rings. The summed E-state index contributed by atoms with van der Waals surface area (Å²) in [6, 6.07) is 8.52. The van der Waals surface area contributed by atoms with Crippen molar-refractivity contribution in [2.45, 2.75) is 13.1 Å². The lowest BCUT2D eigenvalue weighted by Gasteiger charge is -2.14. The molecule has 0 saturated heterocycles. The minimum Gasteiger partial charge on any atom is -0.468 e. The highest BCUT2D eigenvalue weighted by Crippen LogP contribution is 2.21. The number of para-hydroxylation sites is 1. The molecule has 2 aromatic rings. The van der Waals surface area contributed by atoms with Crippen LogP contribution in [-0.2, 0) is 22.6 Å². The Bertz CT molecular complexity index is 762. The second-order valence-corrected chi connectivity index (χ2v) is 4.47. The van der Waals surface area contributed by atoms with Crippen molar-refractivity contribution in [3.05, 3.63) is 46.6 Å². The molecule has 0 saturated carbocycles. The number of esters is 1. The van der Waals surface area contributed by atoms with Crippen LogP contribution in [0.1, 0.15) is 5.82 Å². The highest BCUT2D eigenvalue weighted by atomic mass is 16.5. The molecular weight excluding hydrogens is 276 g/mol. The monoisotopic (exact) mass is 288 g/mol. The quantitative estimate of drug-likeness (QED) is 0.753. The lowest BCUT2D eigenvalue weighted by molar-refractivity contribution is -0.141. The fourth-order valence-electron chi connectivity index (χ4n) is 2.18. The van der Waals surface area contributed by atoms with E-state index in [4.69, 9.17) is 0 Å². The Kier molecular flexibility index (Phi) is 3.05. The third-order valence-electron chi connectivity index (χ3n) is 3.20. The Morgan fingerprint density at radius 1 is 1.29 bits per heavy atom. The standard InChI is InChI=1S/C13H12N4O4/c1-21-11(18)8-16-13(20)17-10(14-16)7-15(12(17)19)9-5-3-2-4-6-9/h2-6H,7-8H2,1H3. The molecule has 0 spiro atoms. The number of methoxy groups -OCH3 is 1. The molecule has 0 radical (unpaired) electrons. The Hall–Kier alpha value is -2.90. The van der Waals surface area contributed by atoms with Gasteiger partial charge in [-0.25, -0.2) is 14.3 Å². The van der Waals surface area contributed by atoms with Gasteiger partial charge in [-0.2, -0.15) is 9.67 Å². The normalized spacial score (nSPS) is 13.4. The Labute approximate surface area is 119 Å². The zero-order valence-electron chi connectivity index (χ0n) is 11.2. The number of amides is 1. The molecule has 0 aliphatic carbocycles. The molecule has 0 N–H and O–H groups in total. The summed E-state index contributed by atoms with van der Waals surface area (Å²) in [7, 11) is 1.22. The molecule has 1 aromatic carbocycles. The molecule has 2 heterocycles. The number of hydrogen-bond donors (Lipinski definition) is 0. The summed E-state index contributed by atoms with van der Waals surface area (Å²) in [6.45, 7) is -0.125. The van der Waals surface area contributed by atoms with Crippen molar-refractivity contribution in [2.75, 3.05) is 12.0 Å². The topological polar surface area (TPSA) is 86.4 Å². The van der Waals surface area contributed by atoms with Gasteiger partial charge < -0.3 is 4.74 Å². The highest BCUT2D eigenvalue weighted by molar-refractivity contribution is 5.96. The molecule has 0 atom stereocenters. The van der Waals surface area contributed by atoms with Gasteiger partial charge in [0.25, 0.3) is 0 Å². The van der Waals surface area contributed by atoms with Crippen molar-refractivity contribution in [1.29, 1.82) is 0 Å². The van der Waals surface area contributed by atoms with Crippen molar-refractivity contribution < 1.29 is 14.3 Å². The average Bonchev–Trinajstić information content (AvgIpc) is 2.98. The lowest BCUT2D eigenvalue weighted by atomic mass is 10.3. The Morgan fingerprint density at radius 2 is 2.00 bits per heavy atom. The van der Waals surface area contributed by atoms with Crippen LogP contribution in [0.25, 0.3) is 0 Å². The smallest absolute Gasteiger partial charge is 0.354 e. The van der Waals surface area contributed by atoms with Crippen molar-refractivity contribution in [3.63, 3.8) is 0 Å². The largest absolute Gasteiger partial charge is 0.468 e. The van der Waals surface area contributed by atoms with Gasteiger partial charge in [-0.15, -0.1) is 0 Å². The van der Waals surface area contributed by atoms with Gasteiger partial charge in [-0.05, 0) is 12.1 Å². The summed E-state index contributed by atoms with van der Waals surface area (Å²) < 4.78 is 6.38. The molecule has 0 bridgehead atoms. The summed E-state index contributed by atoms with van der Waals surface area (Å²) in [5, 5.41) is 4.01. The minimum atomic E-state index is -0.640. The maximum atomic E-state index is 12.3. The van der Waals surface area contributed by atoms with E-state index in [0.29, 0.717) is 11.5 Å². The van der Waals surface area contributed by atoms with Crippen LogP contribution in [0.3, 0.4) is 0 Å². The fourth-order valence-corrected chi connectivity index (χ4v) is 2.18. The van der Waals surface area contributed by atoms with Crippen molar-refractivity contribution in [1.82, 2.24) is 14.3 Å². The van der Waals surface area contributed by atoms with Gasteiger partial charge >= 0.3 is 17.7 Å². The SMILES string of the molecule is COC(=O)Cn1nc2n(c1=O)C(=O)N(c1ccccc1)C2. The van der Waals surface area contributed by atoms with Gasteiger partial charge in [0.15, 0.2) is 5.82 Å². The minimum absolute atomic E-state index is 0.187. The van der Waals surface area contributed by atoms with Gasteiger partial charge in [0.1, 0.15) is 6.54 Å². The van der Waals surface area contributed by atoms with E-state index in [0.717, 1.165) is 9.25 Å². The van der Waals surface area contributed by atoms with Crippen molar-refractivity contribution >= 4 is 17.7 Å². The first-order chi connectivity index (χ1) is 10.1. The van der Waals surface area contributed by atoms with Crippen LogP contribution in [0.15, 0.2) is 35.1 Å². The Morgan fingerprint density at radius 3 is 2.62 bits per heavy atom. The summed E-state index contributed by atoms with van der Waals surface area (Å²) in [5.74, 6) is -0.293. The number of rotatable bonds is 3. The van der Waals surface area contributed by atoms with Crippen LogP contribution >= 0.6 is 0 Å². The molecule has 1 aliphatic heterocycles. The summed E-state index contributed by atoms with van der Waals surface area (Å²) in [5.41, 5.74) is 0.0470. The predicted octanol–water partition coefficient (Wildman–Crippen LogP) is 0.206. The number of nitrogens with zero attached hydrogens (tertiary/aromatic N) is 4. The zero-order chi connectivity index (χ0) is 15.0. The number of hydrogen-bond acceptors (Lipinski definition) is 5. The molecule has 0 unspecified atom stereocenters. The number of ether oxygens (including phenoxy) is 1. The van der Waals surface area contributed by atoms with Gasteiger partial charge in [-0.3, -0.25) is 9.69 Å². The highest BCUT2D eigenvalue weighted by Gasteiger charge is 2.33. The van der Waals surface area contributed by atoms with Crippen molar-refractivity contribution in [3.8, 4) is 0 Å². The number of carbonyl (C=O) groups excluding carboxylic acids is 2. The third kappa shape index (κ3) is 2.10. The second kappa shape index (κ2) is 4.89. The summed E-state index contributed by atoms with van der Waals surface area (Å²) in [4.78, 5) is 37.1. The predicted molar refractivity (Wildman–Crippen MR) is 71.9 cm³/mol. The van der Waals surface area contributed by atoms with E-state index in [1.807, 2.05) is 6.07 Å². The first-order valence-electron chi connectivity index (χ1n) is 6.24. The number of benzene rings is 1. The van der Waals surface area contributed by atoms with E-state index in [2.05, 4.69) is 9.84 Å². The molecule has 108 valence electrons. The van der Waals surface area contributed by atoms with E-state index in [1.165, 1.54) is 12.0 Å². The van der Waals surface area contributed by atoms with E-state index < -0.39 is 17.7 Å². The van der Waals surface area contributed by atoms with Crippen molar-refractivity contribution in [2.24, 2.45) is 0 Å². The number of anilines is 1. The molecule has 1 amide bonds. The molecule has 3 rings (SSSR count). The maximum Gasteiger partial charge on any atom is 0.354 e. The van der Waals surface area contributed by atoms with Gasteiger partial charge in [0.05, 0.1) is 13.7 Å². The van der Waals surface area contributed by atoms with Gasteiger partial charge in [-0.1, -0.05) is 18.2 Å². The van der Waals surface area contributed by atoms with E-state index in [-0.39, 0.29) is 13.1 Å². The van der Waals surface area contributed by atoms with Gasteiger partial charge in [0.2, 0.25) is 0 Å². The first kappa shape index (κ1) is 13.1. The summed E-state index contributed by atoms with van der Waals surface area (Å²) >= 11 is 0. The summed E-state index contributed by atoms with van der Waals surface area (Å²) in [6.07, 6.45) is 0. The van der Waals surface area contributed by atoms with Crippen LogP contribution < -0.4 is 10.6 Å². The fraction of sp³-hybridized carbons (Fsp3) is 0.231. The molecule has 8 heteroatoms. The maximum absolute atomic E-state index is 12.3. The Balaban J connectivity index is 1.93. The van der Waals surface area contributed by atoms with Crippen LogP contribution in [0.2, 0.25) is 0 Å². The van der Waals surface area contributed by atoms with Crippen LogP contribution in [0, 0.1) is 0 Å². The molecule has 1 aromatic heterocycles. The van der Waals surface area contributed by atoms with E-state index >= 15 is 0 Å². The van der Waals surface area contributed by atoms with E-state index in [1.54, 1.807) is 24.3 Å². The number of fused-ring (bicyclic) bond motifs is 1. The van der Waals surface area contributed by atoms with Crippen LogP contribution in [0.4, 0.5) is 10.5 Å². The number of aromatic nitrogens is 3. The molecule has 8 nitrogen and oxygen atoms in total.